The first-order valence-electron chi connectivity index (χ1n) is 10.9. The largest absolute Gasteiger partial charge is 0.493 e. The number of nitrogens with zero attached hydrogens (tertiary/aromatic N) is 2. The van der Waals surface area contributed by atoms with Gasteiger partial charge in [-0.15, -0.1) is 0 Å². The van der Waals surface area contributed by atoms with Crippen molar-refractivity contribution >= 4 is 15.7 Å². The molecule has 6 nitrogen and oxygen atoms in total. The molecule has 0 saturated carbocycles. The molecule has 0 N–H and O–H groups in total. The third kappa shape index (κ3) is 5.52. The second-order valence-electron chi connectivity index (χ2n) is 8.41. The van der Waals surface area contributed by atoms with Crippen LogP contribution in [0.5, 0.6) is 11.5 Å². The van der Waals surface area contributed by atoms with Crippen molar-refractivity contribution in [2.45, 2.75) is 44.0 Å². The molecule has 7 heteroatoms. The fourth-order valence-electron chi connectivity index (χ4n) is 4.03. The quantitative estimate of drug-likeness (QED) is 0.571. The summed E-state index contributed by atoms with van der Waals surface area (Å²) in [4.78, 5) is 2.74. The van der Waals surface area contributed by atoms with Gasteiger partial charge in [-0.3, -0.25) is 4.31 Å². The Morgan fingerprint density at radius 3 is 2.23 bits per heavy atom. The Hall–Kier alpha value is -2.25. The van der Waals surface area contributed by atoms with Crippen molar-refractivity contribution in [3.8, 4) is 11.5 Å². The number of ether oxygens (including phenoxy) is 2. The monoisotopic (exact) mass is 446 g/mol. The van der Waals surface area contributed by atoms with Crippen LogP contribution in [0.15, 0.2) is 53.4 Å². The summed E-state index contributed by atoms with van der Waals surface area (Å²) >= 11 is 0. The van der Waals surface area contributed by atoms with E-state index in [0.29, 0.717) is 28.0 Å². The zero-order valence-electron chi connectivity index (χ0n) is 19.0. The van der Waals surface area contributed by atoms with Gasteiger partial charge in [0.05, 0.1) is 24.8 Å². The summed E-state index contributed by atoms with van der Waals surface area (Å²) in [7, 11) is -0.590. The van der Waals surface area contributed by atoms with Gasteiger partial charge in [0, 0.05) is 25.2 Å². The van der Waals surface area contributed by atoms with Crippen LogP contribution in [0.25, 0.3) is 0 Å². The summed E-state index contributed by atoms with van der Waals surface area (Å²) in [6, 6.07) is 13.9. The van der Waals surface area contributed by atoms with Crippen LogP contribution in [0.2, 0.25) is 0 Å². The molecule has 3 rings (SSSR count). The van der Waals surface area contributed by atoms with Crippen molar-refractivity contribution in [2.24, 2.45) is 5.92 Å². The van der Waals surface area contributed by atoms with Crippen LogP contribution in [0.3, 0.4) is 0 Å². The standard InChI is InChI=1S/C24H34N2O4S/c1-19(2)12-15-25-16-13-20(14-17-25)26(31(27,28)22-8-6-5-7-9-22)21-10-11-23(29-3)24(18-21)30-4/h5-11,18-20H,12-17H2,1-4H3. The van der Waals surface area contributed by atoms with Crippen molar-refractivity contribution in [3.63, 3.8) is 0 Å². The molecule has 2 aromatic carbocycles. The van der Waals surface area contributed by atoms with Gasteiger partial charge >= 0.3 is 0 Å². The van der Waals surface area contributed by atoms with Crippen LogP contribution in [0, 0.1) is 5.92 Å². The molecular weight excluding hydrogens is 412 g/mol. The number of piperidine rings is 1. The molecule has 0 aromatic heterocycles. The minimum absolute atomic E-state index is 0.112. The van der Waals surface area contributed by atoms with Crippen LogP contribution in [-0.2, 0) is 10.0 Å². The number of methoxy groups -OCH3 is 2. The average Bonchev–Trinajstić information content (AvgIpc) is 2.79. The lowest BCUT2D eigenvalue weighted by atomic mass is 10.0. The van der Waals surface area contributed by atoms with Crippen LogP contribution >= 0.6 is 0 Å². The topological polar surface area (TPSA) is 59.1 Å². The lowest BCUT2D eigenvalue weighted by molar-refractivity contribution is 0.204. The van der Waals surface area contributed by atoms with Gasteiger partial charge in [-0.25, -0.2) is 8.42 Å². The first kappa shape index (κ1) is 23.4. The number of likely N-dealkylation sites (tertiary alicyclic amines) is 1. The van der Waals surface area contributed by atoms with Crippen LogP contribution < -0.4 is 13.8 Å². The van der Waals surface area contributed by atoms with E-state index >= 15 is 0 Å². The normalized spacial score (nSPS) is 15.8. The summed E-state index contributed by atoms with van der Waals surface area (Å²) in [5, 5.41) is 0. The fourth-order valence-corrected chi connectivity index (χ4v) is 5.75. The highest BCUT2D eigenvalue weighted by Gasteiger charge is 2.34. The molecule has 1 fully saturated rings. The average molecular weight is 447 g/mol. The van der Waals surface area contributed by atoms with E-state index in [9.17, 15) is 8.42 Å². The number of anilines is 1. The molecule has 0 atom stereocenters. The van der Waals surface area contributed by atoms with Gasteiger partial charge in [0.25, 0.3) is 10.0 Å². The third-order valence-corrected chi connectivity index (χ3v) is 7.73. The molecule has 31 heavy (non-hydrogen) atoms. The van der Waals surface area contributed by atoms with Gasteiger partial charge in [-0.2, -0.15) is 0 Å². The Labute approximate surface area is 186 Å². The molecule has 1 saturated heterocycles. The maximum absolute atomic E-state index is 13.7. The molecule has 2 aromatic rings. The molecule has 0 spiro atoms. The lowest BCUT2D eigenvalue weighted by Crippen LogP contribution is -2.47. The zero-order valence-corrected chi connectivity index (χ0v) is 19.8. The predicted octanol–water partition coefficient (Wildman–Crippen LogP) is 4.41. The maximum Gasteiger partial charge on any atom is 0.264 e. The summed E-state index contributed by atoms with van der Waals surface area (Å²) in [6.45, 7) is 7.32. The van der Waals surface area contributed by atoms with E-state index in [1.165, 1.54) is 0 Å². The number of hydrogen-bond acceptors (Lipinski definition) is 5. The lowest BCUT2D eigenvalue weighted by Gasteiger charge is -2.39. The van der Waals surface area contributed by atoms with Crippen LogP contribution in [0.4, 0.5) is 5.69 Å². The number of sulfonamides is 1. The van der Waals surface area contributed by atoms with Crippen LogP contribution in [-0.4, -0.2) is 53.2 Å². The Kier molecular flexibility index (Phi) is 7.84. The van der Waals surface area contributed by atoms with E-state index < -0.39 is 10.0 Å². The zero-order chi connectivity index (χ0) is 22.4. The van der Waals surface area contributed by atoms with E-state index in [2.05, 4.69) is 18.7 Å². The molecular formula is C24H34N2O4S. The molecule has 1 aliphatic heterocycles. The molecule has 0 unspecified atom stereocenters. The summed E-state index contributed by atoms with van der Waals surface area (Å²) < 4.78 is 39.8. The Bertz CT molecular complexity index is 939. The van der Waals surface area contributed by atoms with Gasteiger partial charge in [-0.1, -0.05) is 32.0 Å². The molecule has 170 valence electrons. The first-order valence-corrected chi connectivity index (χ1v) is 12.3. The Morgan fingerprint density at radius 2 is 1.65 bits per heavy atom. The van der Waals surface area contributed by atoms with E-state index in [1.54, 1.807) is 61.0 Å². The van der Waals surface area contributed by atoms with Crippen molar-refractivity contribution in [1.82, 2.24) is 4.90 Å². The van der Waals surface area contributed by atoms with Gasteiger partial charge in [0.1, 0.15) is 0 Å². The fraction of sp³-hybridized carbons (Fsp3) is 0.500. The Balaban J connectivity index is 1.93. The molecule has 0 bridgehead atoms. The highest BCUT2D eigenvalue weighted by molar-refractivity contribution is 7.92. The van der Waals surface area contributed by atoms with Gasteiger partial charge < -0.3 is 14.4 Å². The third-order valence-electron chi connectivity index (χ3n) is 5.83. The second-order valence-corrected chi connectivity index (χ2v) is 10.2. The van der Waals surface area contributed by atoms with Crippen molar-refractivity contribution in [2.75, 3.05) is 38.2 Å². The molecule has 0 amide bonds. The summed E-state index contributed by atoms with van der Waals surface area (Å²) in [6.07, 6.45) is 2.74. The SMILES string of the molecule is COc1ccc(N(C2CCN(CCC(C)C)CC2)S(=O)(=O)c2ccccc2)cc1OC. The number of hydrogen-bond donors (Lipinski definition) is 0. The minimum Gasteiger partial charge on any atom is -0.493 e. The van der Waals surface area contributed by atoms with E-state index in [0.717, 1.165) is 38.9 Å². The molecule has 1 heterocycles. The van der Waals surface area contributed by atoms with E-state index in [-0.39, 0.29) is 6.04 Å². The molecule has 0 aliphatic carbocycles. The van der Waals surface area contributed by atoms with Gasteiger partial charge in [0.2, 0.25) is 0 Å². The van der Waals surface area contributed by atoms with Gasteiger partial charge in [0.15, 0.2) is 11.5 Å². The van der Waals surface area contributed by atoms with E-state index in [1.807, 2.05) is 6.07 Å². The molecule has 1 aliphatic rings. The molecule has 0 radical (unpaired) electrons. The minimum atomic E-state index is -3.72. The predicted molar refractivity (Wildman–Crippen MR) is 125 cm³/mol. The Morgan fingerprint density at radius 1 is 1.00 bits per heavy atom. The first-order chi connectivity index (χ1) is 14.9. The van der Waals surface area contributed by atoms with Crippen molar-refractivity contribution in [3.05, 3.63) is 48.5 Å². The smallest absolute Gasteiger partial charge is 0.264 e. The summed E-state index contributed by atoms with van der Waals surface area (Å²) in [5.74, 6) is 1.76. The maximum atomic E-state index is 13.7. The van der Waals surface area contributed by atoms with Crippen LogP contribution in [0.1, 0.15) is 33.1 Å². The highest BCUT2D eigenvalue weighted by Crippen LogP contribution is 2.36. The van der Waals surface area contributed by atoms with Gasteiger partial charge in [-0.05, 0) is 56.0 Å². The van der Waals surface area contributed by atoms with Crippen molar-refractivity contribution < 1.29 is 17.9 Å². The second kappa shape index (κ2) is 10.4. The van der Waals surface area contributed by atoms with E-state index in [4.69, 9.17) is 9.47 Å². The summed E-state index contributed by atoms with van der Waals surface area (Å²) in [5.41, 5.74) is 0.599. The number of benzene rings is 2. The van der Waals surface area contributed by atoms with Crippen molar-refractivity contribution in [1.29, 1.82) is 0 Å². The highest BCUT2D eigenvalue weighted by atomic mass is 32.2. The number of rotatable bonds is 9.